The van der Waals surface area contributed by atoms with Gasteiger partial charge in [0.05, 0.1) is 0 Å². The van der Waals surface area contributed by atoms with E-state index in [0.717, 1.165) is 78.5 Å². The molecule has 12 aliphatic heterocycles. The zero-order valence-electron chi connectivity index (χ0n) is 37.1. The first-order valence-corrected chi connectivity index (χ1v) is 28.3. The van der Waals surface area contributed by atoms with Crippen LogP contribution in [0.1, 0.15) is 83.1 Å². The largest absolute Gasteiger partial charge is 2.00 e. The van der Waals surface area contributed by atoms with Crippen LogP contribution in [-0.2, 0) is 0 Å². The Balaban J connectivity index is 0.000000106. The molecular formula is C36H76MgN12O4P4+6. The number of nitrogens with zero attached hydrogens (tertiary/aromatic N) is 12. The average Bonchev–Trinajstić information content (AvgIpc) is 3.89. The third-order valence-electron chi connectivity index (χ3n) is 14.1. The summed E-state index contributed by atoms with van der Waals surface area (Å²) in [5.41, 5.74) is 0. The van der Waals surface area contributed by atoms with Crippen LogP contribution in [0, 0.1) is 0 Å². The molecule has 12 saturated heterocycles. The fourth-order valence-corrected chi connectivity index (χ4v) is 24.3. The molecule has 0 aromatic rings. The molecule has 0 aromatic heterocycles. The maximum absolute atomic E-state index is 10.8. The van der Waals surface area contributed by atoms with E-state index in [-0.39, 0.29) is 23.1 Å². The summed E-state index contributed by atoms with van der Waals surface area (Å²) in [5, 5.41) is 0. The Bertz CT molecular complexity index is 1350. The summed E-state index contributed by atoms with van der Waals surface area (Å²) < 4.78 is 70.8. The summed E-state index contributed by atoms with van der Waals surface area (Å²) in [5.74, 6) is 0. The van der Waals surface area contributed by atoms with E-state index in [1.54, 1.807) is 0 Å². The van der Waals surface area contributed by atoms with Crippen molar-refractivity contribution in [3.05, 3.63) is 0 Å². The summed E-state index contributed by atoms with van der Waals surface area (Å²) >= 11 is 0. The van der Waals surface area contributed by atoms with Crippen molar-refractivity contribution in [2.75, 3.05) is 78.5 Å². The van der Waals surface area contributed by atoms with Crippen molar-refractivity contribution >= 4 is 53.4 Å². The predicted molar refractivity (Wildman–Crippen MR) is 235 cm³/mol. The monoisotopic (exact) mass is 888 g/mol. The van der Waals surface area contributed by atoms with Gasteiger partial charge in [-0.1, -0.05) is 0 Å². The van der Waals surface area contributed by atoms with Crippen molar-refractivity contribution in [2.24, 2.45) is 0 Å². The molecule has 24 atom stereocenters. The van der Waals surface area contributed by atoms with Crippen molar-refractivity contribution in [3.8, 4) is 0 Å². The van der Waals surface area contributed by atoms with E-state index >= 15 is 0 Å². The minimum absolute atomic E-state index is 0. The first-order valence-electron chi connectivity index (χ1n) is 21.9. The standard InChI is InChI=1S/4C9H18N3OP.Mg/c4*1-7-4-10(7)14(13,11-5-8(11)2)12-6-9(12)3;/h4*7-9H,4-6H2,1-3H3;/q;;;;+2/p+4. The molecule has 12 aliphatic rings. The number of hydrogen-bond donors (Lipinski definition) is 0. The van der Waals surface area contributed by atoms with Crippen LogP contribution in [0.4, 0.5) is 0 Å². The van der Waals surface area contributed by atoms with Crippen molar-refractivity contribution in [2.45, 2.75) is 156 Å². The van der Waals surface area contributed by atoms with Crippen LogP contribution < -0.4 is 0 Å². The van der Waals surface area contributed by atoms with Gasteiger partial charge in [-0.05, 0) is 83.1 Å². The van der Waals surface area contributed by atoms with Crippen LogP contribution in [-0.4, -0.2) is 248 Å². The van der Waals surface area contributed by atoms with Gasteiger partial charge in [0.15, 0.2) is 0 Å². The topological polar surface area (TPSA) is 122 Å². The average molecular weight is 889 g/mol. The third kappa shape index (κ3) is 8.27. The summed E-state index contributed by atoms with van der Waals surface area (Å²) in [4.78, 5) is 0. The van der Waals surface area contributed by atoms with Crippen molar-refractivity contribution in [1.82, 2.24) is 56.0 Å². The number of rotatable bonds is 12. The van der Waals surface area contributed by atoms with Crippen LogP contribution >= 0.6 is 30.4 Å². The smallest absolute Gasteiger partial charge is 0.277 e. The van der Waals surface area contributed by atoms with E-state index in [0.29, 0.717) is 72.5 Å². The summed E-state index contributed by atoms with van der Waals surface area (Å²) in [6.07, 6.45) is 0. The van der Waals surface area contributed by atoms with E-state index in [9.17, 15) is 18.3 Å². The second-order valence-corrected chi connectivity index (χ2v) is 30.3. The van der Waals surface area contributed by atoms with E-state index in [1.165, 1.54) is 0 Å². The fourth-order valence-electron chi connectivity index (χ4n) is 8.94. The number of hydrogen-bond acceptors (Lipinski definition) is 0. The zero-order chi connectivity index (χ0) is 40.3. The van der Waals surface area contributed by atoms with Gasteiger partial charge in [-0.15, -0.1) is 0 Å². The Kier molecular flexibility index (Phi) is 11.9. The quantitative estimate of drug-likeness (QED) is 0.121. The molecule has 0 amide bonds. The molecular weight excluding hydrogens is 813 g/mol. The van der Waals surface area contributed by atoms with Crippen molar-refractivity contribution < 1.29 is 18.3 Å². The van der Waals surface area contributed by atoms with Crippen LogP contribution in [0.25, 0.3) is 0 Å². The van der Waals surface area contributed by atoms with Crippen LogP contribution in [0.2, 0.25) is 0 Å². The van der Waals surface area contributed by atoms with Gasteiger partial charge in [-0.2, -0.15) is 56.0 Å². The van der Waals surface area contributed by atoms with Gasteiger partial charge in [0.1, 0.15) is 0 Å². The Morgan fingerprint density at radius 2 is 0.281 bits per heavy atom. The maximum Gasteiger partial charge on any atom is 2.00 e. The Morgan fingerprint density at radius 3 is 0.316 bits per heavy atom. The van der Waals surface area contributed by atoms with Gasteiger partial charge in [-0.25, -0.2) is 0 Å². The SMILES string of the molecule is CC1CN1P(=[OH+])(N1CC1C)N1CC1C.CC1CN1P(=[OH+])(N1CC1C)N1CC1C.CC1CN1P(=[OH+])(N1CC1C)N1CC1C.CC1CN1P(=[OH+])(N1CC1C)N1CC1C.[Mg+2]. The second kappa shape index (κ2) is 15.2. The molecule has 0 saturated carbocycles. The van der Waals surface area contributed by atoms with E-state index in [4.69, 9.17) is 0 Å². The molecule has 320 valence electrons. The molecule has 24 unspecified atom stereocenters. The first kappa shape index (κ1) is 44.8. The molecule has 21 heteroatoms. The van der Waals surface area contributed by atoms with Gasteiger partial charge in [0.2, 0.25) is 0 Å². The van der Waals surface area contributed by atoms with Gasteiger partial charge in [-0.3, -0.25) is 18.3 Å². The van der Waals surface area contributed by atoms with Crippen LogP contribution in [0.5, 0.6) is 0 Å². The molecule has 0 aromatic carbocycles. The van der Waals surface area contributed by atoms with Crippen LogP contribution in [0.15, 0.2) is 0 Å². The molecule has 12 heterocycles. The maximum atomic E-state index is 10.8. The molecule has 0 bridgehead atoms. The van der Waals surface area contributed by atoms with E-state index < -0.39 is 30.4 Å². The molecule has 12 fully saturated rings. The minimum Gasteiger partial charge on any atom is -0.277 e. The van der Waals surface area contributed by atoms with Gasteiger partial charge < -0.3 is 0 Å². The molecule has 4 N–H and O–H groups in total. The predicted octanol–water partition coefficient (Wildman–Crippen LogP) is 4.21. The van der Waals surface area contributed by atoms with Gasteiger partial charge in [0.25, 0.3) is 0 Å². The third-order valence-corrected chi connectivity index (χ3v) is 29.0. The molecule has 12 rings (SSSR count). The summed E-state index contributed by atoms with van der Waals surface area (Å²) in [6, 6.07) is 7.10. The molecule has 57 heavy (non-hydrogen) atoms. The zero-order valence-corrected chi connectivity index (χ0v) is 42.1. The first-order chi connectivity index (χ1) is 26.2. The van der Waals surface area contributed by atoms with E-state index in [2.05, 4.69) is 139 Å². The fraction of sp³-hybridized carbons (Fsp3) is 1.00. The van der Waals surface area contributed by atoms with Gasteiger partial charge >= 0.3 is 53.4 Å². The molecule has 16 nitrogen and oxygen atoms in total. The summed E-state index contributed by atoms with van der Waals surface area (Å²) in [7, 11) is -8.08. The molecule has 0 spiro atoms. The summed E-state index contributed by atoms with van der Waals surface area (Å²) in [6.45, 7) is 39.4. The second-order valence-electron chi connectivity index (χ2n) is 19.8. The minimum atomic E-state index is -2.02. The Hall–Kier alpha value is 1.21. The van der Waals surface area contributed by atoms with Crippen molar-refractivity contribution in [3.63, 3.8) is 0 Å². The van der Waals surface area contributed by atoms with Crippen LogP contribution in [0.3, 0.4) is 0 Å². The Labute approximate surface area is 360 Å². The van der Waals surface area contributed by atoms with Crippen molar-refractivity contribution in [1.29, 1.82) is 0 Å². The van der Waals surface area contributed by atoms with Gasteiger partial charge in [0, 0.05) is 151 Å². The normalized spacial score (nSPS) is 58.0. The molecule has 0 radical (unpaired) electrons. The van der Waals surface area contributed by atoms with E-state index in [1.807, 2.05) is 0 Å². The molecule has 0 aliphatic carbocycles. The Morgan fingerprint density at radius 1 is 0.228 bits per heavy atom.